The maximum absolute atomic E-state index is 12.1. The van der Waals surface area contributed by atoms with E-state index in [9.17, 15) is 9.59 Å². The van der Waals surface area contributed by atoms with E-state index in [0.29, 0.717) is 19.5 Å². The first kappa shape index (κ1) is 14.4. The number of carboxylic acid groups (broad SMARTS) is 1. The number of benzene rings is 1. The largest absolute Gasteiger partial charge is 0.480 e. The average Bonchev–Trinajstić information content (AvgIpc) is 2.94. The summed E-state index contributed by atoms with van der Waals surface area (Å²) in [6.45, 7) is 3.02. The highest BCUT2D eigenvalue weighted by Crippen LogP contribution is 2.17. The highest BCUT2D eigenvalue weighted by Gasteiger charge is 2.33. The molecule has 20 heavy (non-hydrogen) atoms. The highest BCUT2D eigenvalue weighted by atomic mass is 16.4. The summed E-state index contributed by atoms with van der Waals surface area (Å²) in [4.78, 5) is 24.6. The fourth-order valence-electron chi connectivity index (χ4n) is 2.61. The fraction of sp³-hybridized carbons (Fsp3) is 0.467. The van der Waals surface area contributed by atoms with Gasteiger partial charge in [-0.1, -0.05) is 31.2 Å². The van der Waals surface area contributed by atoms with Gasteiger partial charge in [0.05, 0.1) is 0 Å². The zero-order chi connectivity index (χ0) is 14.5. The van der Waals surface area contributed by atoms with E-state index in [-0.39, 0.29) is 6.03 Å². The molecule has 0 bridgehead atoms. The number of amides is 2. The van der Waals surface area contributed by atoms with Crippen molar-refractivity contribution in [3.63, 3.8) is 0 Å². The molecule has 5 nitrogen and oxygen atoms in total. The van der Waals surface area contributed by atoms with Gasteiger partial charge in [0, 0.05) is 13.1 Å². The molecular weight excluding hydrogens is 256 g/mol. The minimum Gasteiger partial charge on any atom is -0.480 e. The summed E-state index contributed by atoms with van der Waals surface area (Å²) in [5.74, 6) is -0.924. The molecule has 108 valence electrons. The van der Waals surface area contributed by atoms with Gasteiger partial charge in [-0.15, -0.1) is 0 Å². The topological polar surface area (TPSA) is 69.6 Å². The van der Waals surface area contributed by atoms with Crippen molar-refractivity contribution in [2.45, 2.75) is 38.8 Å². The van der Waals surface area contributed by atoms with Gasteiger partial charge >= 0.3 is 12.0 Å². The molecule has 0 spiro atoms. The van der Waals surface area contributed by atoms with Crippen LogP contribution in [0, 0.1) is 0 Å². The number of aliphatic carboxylic acids is 1. The summed E-state index contributed by atoms with van der Waals surface area (Å²) in [5.41, 5.74) is 2.28. The molecule has 5 heteroatoms. The van der Waals surface area contributed by atoms with Crippen molar-refractivity contribution in [1.29, 1.82) is 0 Å². The van der Waals surface area contributed by atoms with Gasteiger partial charge in [0.15, 0.2) is 0 Å². The predicted molar refractivity (Wildman–Crippen MR) is 75.4 cm³/mol. The Morgan fingerprint density at radius 1 is 1.35 bits per heavy atom. The lowest BCUT2D eigenvalue weighted by Gasteiger charge is -2.22. The molecule has 2 N–H and O–H groups in total. The maximum atomic E-state index is 12.1. The number of hydrogen-bond donors (Lipinski definition) is 2. The van der Waals surface area contributed by atoms with Crippen LogP contribution in [0.1, 0.15) is 30.9 Å². The van der Waals surface area contributed by atoms with Crippen LogP contribution in [-0.4, -0.2) is 34.6 Å². The lowest BCUT2D eigenvalue weighted by atomic mass is 10.1. The van der Waals surface area contributed by atoms with Crippen LogP contribution in [0.2, 0.25) is 0 Å². The lowest BCUT2D eigenvalue weighted by Crippen LogP contribution is -2.45. The lowest BCUT2D eigenvalue weighted by molar-refractivity contribution is -0.141. The molecule has 0 saturated carbocycles. The normalized spacial score (nSPS) is 18.1. The number of carbonyl (C=O) groups is 2. The molecule has 0 aliphatic carbocycles. The van der Waals surface area contributed by atoms with E-state index in [1.165, 1.54) is 10.5 Å². The third-order valence-corrected chi connectivity index (χ3v) is 3.73. The molecule has 1 fully saturated rings. The minimum atomic E-state index is -0.924. The Labute approximate surface area is 118 Å². The zero-order valence-electron chi connectivity index (χ0n) is 11.6. The molecule has 1 heterocycles. The Balaban J connectivity index is 1.97. The molecule has 1 atom stereocenters. The molecular formula is C15H20N2O3. The Kier molecular flexibility index (Phi) is 4.61. The van der Waals surface area contributed by atoms with Crippen molar-refractivity contribution in [3.8, 4) is 0 Å². The number of aryl methyl sites for hydroxylation is 1. The van der Waals surface area contributed by atoms with Gasteiger partial charge in [-0.2, -0.15) is 0 Å². The first-order valence-electron chi connectivity index (χ1n) is 6.97. The van der Waals surface area contributed by atoms with Crippen LogP contribution >= 0.6 is 0 Å². The second kappa shape index (κ2) is 6.41. The van der Waals surface area contributed by atoms with Crippen LogP contribution in [0.5, 0.6) is 0 Å². The van der Waals surface area contributed by atoms with Crippen LogP contribution in [0.25, 0.3) is 0 Å². The minimum absolute atomic E-state index is 0.291. The monoisotopic (exact) mass is 276 g/mol. The first-order chi connectivity index (χ1) is 9.63. The predicted octanol–water partition coefficient (Wildman–Crippen LogP) is 2.01. The molecule has 1 aliphatic rings. The summed E-state index contributed by atoms with van der Waals surface area (Å²) >= 11 is 0. The van der Waals surface area contributed by atoms with E-state index >= 15 is 0 Å². The van der Waals surface area contributed by atoms with Crippen LogP contribution in [0.3, 0.4) is 0 Å². The number of likely N-dealkylation sites (tertiary alicyclic amines) is 1. The van der Waals surface area contributed by atoms with Gasteiger partial charge in [0.2, 0.25) is 0 Å². The summed E-state index contributed by atoms with van der Waals surface area (Å²) in [6.07, 6.45) is 2.19. The number of rotatable bonds is 4. The van der Waals surface area contributed by atoms with Crippen molar-refractivity contribution < 1.29 is 14.7 Å². The number of nitrogens with zero attached hydrogens (tertiary/aromatic N) is 1. The van der Waals surface area contributed by atoms with Crippen LogP contribution < -0.4 is 5.32 Å². The van der Waals surface area contributed by atoms with Gasteiger partial charge < -0.3 is 15.3 Å². The zero-order valence-corrected chi connectivity index (χ0v) is 11.6. The van der Waals surface area contributed by atoms with E-state index in [1.807, 2.05) is 24.3 Å². The molecule has 0 radical (unpaired) electrons. The van der Waals surface area contributed by atoms with Gasteiger partial charge in [-0.25, -0.2) is 9.59 Å². The van der Waals surface area contributed by atoms with Crippen molar-refractivity contribution >= 4 is 12.0 Å². The number of carboxylic acids is 1. The highest BCUT2D eigenvalue weighted by molar-refractivity contribution is 5.83. The van der Waals surface area contributed by atoms with Gasteiger partial charge in [-0.05, 0) is 30.4 Å². The summed E-state index contributed by atoms with van der Waals surface area (Å²) in [6, 6.07) is 6.97. The Morgan fingerprint density at radius 3 is 2.70 bits per heavy atom. The van der Waals surface area contributed by atoms with Crippen LogP contribution in [0.4, 0.5) is 4.79 Å². The number of nitrogens with one attached hydrogen (secondary N) is 1. The molecule has 1 unspecified atom stereocenters. The molecule has 2 amide bonds. The van der Waals surface area contributed by atoms with E-state index < -0.39 is 12.0 Å². The number of urea groups is 1. The second-order valence-electron chi connectivity index (χ2n) is 4.97. The first-order valence-corrected chi connectivity index (χ1v) is 6.97. The molecule has 1 saturated heterocycles. The maximum Gasteiger partial charge on any atom is 0.326 e. The van der Waals surface area contributed by atoms with Crippen molar-refractivity contribution in [2.24, 2.45) is 0 Å². The van der Waals surface area contributed by atoms with Crippen molar-refractivity contribution in [1.82, 2.24) is 10.2 Å². The van der Waals surface area contributed by atoms with E-state index in [0.717, 1.165) is 18.4 Å². The molecule has 2 rings (SSSR count). The third-order valence-electron chi connectivity index (χ3n) is 3.73. The molecule has 0 aromatic heterocycles. The summed E-state index contributed by atoms with van der Waals surface area (Å²) < 4.78 is 0. The summed E-state index contributed by atoms with van der Waals surface area (Å²) in [7, 11) is 0. The quantitative estimate of drug-likeness (QED) is 0.883. The van der Waals surface area contributed by atoms with E-state index in [1.54, 1.807) is 0 Å². The second-order valence-corrected chi connectivity index (χ2v) is 4.97. The fourth-order valence-corrected chi connectivity index (χ4v) is 2.61. The average molecular weight is 276 g/mol. The Hall–Kier alpha value is -2.04. The van der Waals surface area contributed by atoms with Gasteiger partial charge in [0.1, 0.15) is 6.04 Å². The smallest absolute Gasteiger partial charge is 0.326 e. The molecule has 1 aromatic rings. The summed E-state index contributed by atoms with van der Waals surface area (Å²) in [5, 5.41) is 11.9. The SMILES string of the molecule is CCc1ccccc1CNC(=O)N1CCCC1C(=O)O. The molecule has 1 aliphatic heterocycles. The van der Waals surface area contributed by atoms with Gasteiger partial charge in [-0.3, -0.25) is 0 Å². The van der Waals surface area contributed by atoms with Crippen molar-refractivity contribution in [2.75, 3.05) is 6.54 Å². The molecule has 1 aromatic carbocycles. The van der Waals surface area contributed by atoms with E-state index in [2.05, 4.69) is 12.2 Å². The number of carbonyl (C=O) groups excluding carboxylic acids is 1. The number of hydrogen-bond acceptors (Lipinski definition) is 2. The van der Waals surface area contributed by atoms with Gasteiger partial charge in [0.25, 0.3) is 0 Å². The third kappa shape index (κ3) is 3.10. The standard InChI is InChI=1S/C15H20N2O3/c1-2-11-6-3-4-7-12(11)10-16-15(20)17-9-5-8-13(17)14(18)19/h3-4,6-7,13H,2,5,8-10H2,1H3,(H,16,20)(H,18,19). The van der Waals surface area contributed by atoms with Crippen LogP contribution in [-0.2, 0) is 17.8 Å². The van der Waals surface area contributed by atoms with E-state index in [4.69, 9.17) is 5.11 Å². The van der Waals surface area contributed by atoms with Crippen molar-refractivity contribution in [3.05, 3.63) is 35.4 Å². The Bertz CT molecular complexity index is 502. The Morgan fingerprint density at radius 2 is 2.05 bits per heavy atom. The van der Waals surface area contributed by atoms with Crippen LogP contribution in [0.15, 0.2) is 24.3 Å².